The maximum Gasteiger partial charge on any atom is 0.169 e. The lowest BCUT2D eigenvalue weighted by atomic mass is 10.5. The molecule has 0 rings (SSSR count). The maximum absolute atomic E-state index is 4.95. The van der Waals surface area contributed by atoms with E-state index in [0.717, 1.165) is 0 Å². The van der Waals surface area contributed by atoms with Crippen LogP contribution in [0, 0.1) is 11.8 Å². The van der Waals surface area contributed by atoms with Crippen molar-refractivity contribution in [2.45, 2.75) is 13.2 Å². The molecule has 0 heterocycles. The van der Waals surface area contributed by atoms with E-state index in [-0.39, 0.29) is 6.29 Å². The van der Waals surface area contributed by atoms with Gasteiger partial charge in [0.25, 0.3) is 0 Å². The van der Waals surface area contributed by atoms with Crippen LogP contribution in [-0.4, -0.2) is 33.6 Å². The fourth-order valence-corrected chi connectivity index (χ4v) is 0.604. The van der Waals surface area contributed by atoms with Crippen LogP contribution in [0.25, 0.3) is 0 Å². The zero-order valence-corrected chi connectivity index (χ0v) is 7.31. The summed E-state index contributed by atoms with van der Waals surface area (Å²) in [6.07, 6.45) is -0.173. The highest BCUT2D eigenvalue weighted by molar-refractivity contribution is 4.96. The number of methoxy groups -OCH3 is 2. The second-order valence-electron chi connectivity index (χ2n) is 1.96. The summed E-state index contributed by atoms with van der Waals surface area (Å²) in [5.41, 5.74) is 0. The van der Waals surface area contributed by atoms with Crippen molar-refractivity contribution in [2.75, 3.05) is 27.3 Å². The Morgan fingerprint density at radius 2 is 2.00 bits per heavy atom. The van der Waals surface area contributed by atoms with Gasteiger partial charge in [0.2, 0.25) is 0 Å². The first-order chi connectivity index (χ1) is 5.35. The monoisotopic (exact) mass is 157 g/mol. The maximum atomic E-state index is 4.95. The number of nitrogens with one attached hydrogen (secondary N) is 1. The minimum atomic E-state index is -0.173. The quantitative estimate of drug-likeness (QED) is 0.352. The van der Waals surface area contributed by atoms with E-state index in [1.165, 1.54) is 0 Å². The molecule has 3 nitrogen and oxygen atoms in total. The van der Waals surface area contributed by atoms with Gasteiger partial charge < -0.3 is 14.8 Å². The molecule has 0 aromatic heterocycles. The molecule has 3 heteroatoms. The number of hydrogen-bond donors (Lipinski definition) is 1. The van der Waals surface area contributed by atoms with Crippen LogP contribution in [0.5, 0.6) is 0 Å². The first kappa shape index (κ1) is 10.4. The molecule has 0 aromatic carbocycles. The average Bonchev–Trinajstić information content (AvgIpc) is 2.05. The molecular formula is C8H15NO2. The Kier molecular flexibility index (Phi) is 7.16. The average molecular weight is 157 g/mol. The van der Waals surface area contributed by atoms with E-state index in [0.29, 0.717) is 13.1 Å². The molecule has 0 bridgehead atoms. The third-order valence-corrected chi connectivity index (χ3v) is 1.23. The second-order valence-corrected chi connectivity index (χ2v) is 1.96. The van der Waals surface area contributed by atoms with Gasteiger partial charge in [0.15, 0.2) is 6.29 Å². The van der Waals surface area contributed by atoms with Gasteiger partial charge in [0, 0.05) is 20.8 Å². The van der Waals surface area contributed by atoms with Crippen LogP contribution in [0.3, 0.4) is 0 Å². The van der Waals surface area contributed by atoms with Crippen LogP contribution in [-0.2, 0) is 9.47 Å². The molecule has 1 N–H and O–H groups in total. The number of rotatable bonds is 5. The highest BCUT2D eigenvalue weighted by Gasteiger charge is 2.01. The largest absolute Gasteiger partial charge is 0.355 e. The van der Waals surface area contributed by atoms with E-state index in [1.807, 2.05) is 6.92 Å². The Bertz CT molecular complexity index is 133. The summed E-state index contributed by atoms with van der Waals surface area (Å²) in [6, 6.07) is 0. The Hall–Kier alpha value is -0.560. The molecule has 0 unspecified atom stereocenters. The molecule has 0 fully saturated rings. The minimum absolute atomic E-state index is 0.173. The van der Waals surface area contributed by atoms with Crippen LogP contribution in [0.1, 0.15) is 6.92 Å². The summed E-state index contributed by atoms with van der Waals surface area (Å²) in [7, 11) is 3.22. The van der Waals surface area contributed by atoms with Gasteiger partial charge in [-0.25, -0.2) is 0 Å². The summed E-state index contributed by atoms with van der Waals surface area (Å²) < 4.78 is 9.89. The van der Waals surface area contributed by atoms with Crippen molar-refractivity contribution < 1.29 is 9.47 Å². The van der Waals surface area contributed by atoms with Gasteiger partial charge in [-0.15, -0.1) is 5.92 Å². The molecular weight excluding hydrogens is 142 g/mol. The molecule has 0 atom stereocenters. The Balaban J connectivity index is 3.25. The standard InChI is InChI=1S/C8H15NO2/c1-4-5-6-9-7-8(10-2)11-3/h8-9H,6-7H2,1-3H3. The van der Waals surface area contributed by atoms with Crippen molar-refractivity contribution in [3.63, 3.8) is 0 Å². The predicted molar refractivity (Wildman–Crippen MR) is 44.1 cm³/mol. The molecule has 0 saturated carbocycles. The van der Waals surface area contributed by atoms with E-state index in [2.05, 4.69) is 17.2 Å². The van der Waals surface area contributed by atoms with Crippen molar-refractivity contribution in [1.82, 2.24) is 5.32 Å². The van der Waals surface area contributed by atoms with E-state index >= 15 is 0 Å². The van der Waals surface area contributed by atoms with Crippen molar-refractivity contribution in [3.8, 4) is 11.8 Å². The van der Waals surface area contributed by atoms with Gasteiger partial charge in [-0.1, -0.05) is 5.92 Å². The van der Waals surface area contributed by atoms with Gasteiger partial charge in [0.1, 0.15) is 0 Å². The normalized spacial score (nSPS) is 9.45. The van der Waals surface area contributed by atoms with Crippen molar-refractivity contribution >= 4 is 0 Å². The van der Waals surface area contributed by atoms with Gasteiger partial charge >= 0.3 is 0 Å². The molecule has 0 amide bonds. The van der Waals surface area contributed by atoms with Gasteiger partial charge in [-0.3, -0.25) is 0 Å². The molecule has 0 aliphatic rings. The zero-order chi connectivity index (χ0) is 8.53. The van der Waals surface area contributed by atoms with E-state index < -0.39 is 0 Å². The molecule has 0 saturated heterocycles. The molecule has 0 aliphatic carbocycles. The van der Waals surface area contributed by atoms with Crippen LogP contribution in [0.4, 0.5) is 0 Å². The first-order valence-electron chi connectivity index (χ1n) is 3.51. The van der Waals surface area contributed by atoms with E-state index in [9.17, 15) is 0 Å². The van der Waals surface area contributed by atoms with E-state index in [4.69, 9.17) is 9.47 Å². The molecule has 64 valence electrons. The fraction of sp³-hybridized carbons (Fsp3) is 0.750. The lowest BCUT2D eigenvalue weighted by Gasteiger charge is -2.12. The van der Waals surface area contributed by atoms with Crippen LogP contribution in [0.2, 0.25) is 0 Å². The van der Waals surface area contributed by atoms with Gasteiger partial charge in [-0.05, 0) is 6.92 Å². The molecule has 0 spiro atoms. The highest BCUT2D eigenvalue weighted by Crippen LogP contribution is 1.86. The van der Waals surface area contributed by atoms with Gasteiger partial charge in [0.05, 0.1) is 6.54 Å². The Morgan fingerprint density at radius 3 is 2.45 bits per heavy atom. The molecule has 11 heavy (non-hydrogen) atoms. The molecule has 0 radical (unpaired) electrons. The predicted octanol–water partition coefficient (Wildman–Crippen LogP) is 0.218. The van der Waals surface area contributed by atoms with Crippen molar-refractivity contribution in [1.29, 1.82) is 0 Å². The summed E-state index contributed by atoms with van der Waals surface area (Å²) in [5.74, 6) is 5.66. The second kappa shape index (κ2) is 7.55. The first-order valence-corrected chi connectivity index (χ1v) is 3.51. The lowest BCUT2D eigenvalue weighted by Crippen LogP contribution is -2.29. The third-order valence-electron chi connectivity index (χ3n) is 1.23. The van der Waals surface area contributed by atoms with Crippen molar-refractivity contribution in [3.05, 3.63) is 0 Å². The third kappa shape index (κ3) is 5.86. The minimum Gasteiger partial charge on any atom is -0.355 e. The Labute approximate surface area is 68.1 Å². The van der Waals surface area contributed by atoms with Crippen LogP contribution < -0.4 is 5.32 Å². The Morgan fingerprint density at radius 1 is 1.36 bits per heavy atom. The SMILES string of the molecule is CC#CCNCC(OC)OC. The fourth-order valence-electron chi connectivity index (χ4n) is 0.604. The zero-order valence-electron chi connectivity index (χ0n) is 7.31. The number of ether oxygens (including phenoxy) is 2. The van der Waals surface area contributed by atoms with Crippen LogP contribution in [0.15, 0.2) is 0 Å². The smallest absolute Gasteiger partial charge is 0.169 e. The summed E-state index contributed by atoms with van der Waals surface area (Å²) in [4.78, 5) is 0. The molecule has 0 aliphatic heterocycles. The van der Waals surface area contributed by atoms with E-state index in [1.54, 1.807) is 14.2 Å². The van der Waals surface area contributed by atoms with Crippen LogP contribution >= 0.6 is 0 Å². The summed E-state index contributed by atoms with van der Waals surface area (Å²) >= 11 is 0. The topological polar surface area (TPSA) is 30.5 Å². The van der Waals surface area contributed by atoms with Crippen molar-refractivity contribution in [2.24, 2.45) is 0 Å². The lowest BCUT2D eigenvalue weighted by molar-refractivity contribution is -0.0982. The van der Waals surface area contributed by atoms with Gasteiger partial charge in [-0.2, -0.15) is 0 Å². The summed E-state index contributed by atoms with van der Waals surface area (Å²) in [6.45, 7) is 3.16. The summed E-state index contributed by atoms with van der Waals surface area (Å²) in [5, 5.41) is 3.06. The number of hydrogen-bond acceptors (Lipinski definition) is 3. The highest BCUT2D eigenvalue weighted by atomic mass is 16.7. The molecule has 0 aromatic rings.